The van der Waals surface area contributed by atoms with E-state index in [1.807, 2.05) is 12.1 Å². The normalized spacial score (nSPS) is 12.8. The Kier molecular flexibility index (Phi) is 5.33. The van der Waals surface area contributed by atoms with Crippen LogP contribution in [0.2, 0.25) is 0 Å². The molecule has 0 amide bonds. The Bertz CT molecular complexity index is 292. The molecule has 90 valence electrons. The van der Waals surface area contributed by atoms with Crippen molar-refractivity contribution in [3.63, 3.8) is 0 Å². The van der Waals surface area contributed by atoms with Gasteiger partial charge in [0.15, 0.2) is 0 Å². The maximum absolute atomic E-state index is 5.69. The lowest BCUT2D eigenvalue weighted by Crippen LogP contribution is -2.34. The van der Waals surface area contributed by atoms with Gasteiger partial charge in [-0.05, 0) is 38.4 Å². The molecule has 1 atom stereocenters. The third-order valence-corrected chi connectivity index (χ3v) is 2.40. The number of aryl methyl sites for hydroxylation is 1. The van der Waals surface area contributed by atoms with Gasteiger partial charge in [-0.15, -0.1) is 0 Å². The fraction of sp³-hybridized carbons (Fsp3) is 0.571. The lowest BCUT2D eigenvalue weighted by atomic mass is 10.2. The predicted molar refractivity (Wildman–Crippen MR) is 69.0 cm³/mol. The van der Waals surface area contributed by atoms with E-state index in [9.17, 15) is 0 Å². The maximum atomic E-state index is 5.69. The molecule has 0 fully saturated rings. The first-order valence-electron chi connectivity index (χ1n) is 6.00. The fourth-order valence-electron chi connectivity index (χ4n) is 1.35. The Morgan fingerprint density at radius 2 is 1.75 bits per heavy atom. The summed E-state index contributed by atoms with van der Waals surface area (Å²) in [6.45, 7) is 10.4. The van der Waals surface area contributed by atoms with Gasteiger partial charge in [-0.1, -0.05) is 31.5 Å². The third kappa shape index (κ3) is 5.17. The quantitative estimate of drug-likeness (QED) is 0.797. The molecule has 1 N–H and O–H groups in total. The first-order chi connectivity index (χ1) is 7.58. The monoisotopic (exact) mass is 221 g/mol. The zero-order chi connectivity index (χ0) is 12.0. The number of hydrogen-bond acceptors (Lipinski definition) is 2. The Morgan fingerprint density at radius 3 is 2.31 bits per heavy atom. The van der Waals surface area contributed by atoms with E-state index in [1.54, 1.807) is 0 Å². The first-order valence-corrected chi connectivity index (χ1v) is 6.00. The average molecular weight is 221 g/mol. The van der Waals surface area contributed by atoms with Crippen molar-refractivity contribution in [3.8, 4) is 5.75 Å². The highest BCUT2D eigenvalue weighted by Gasteiger charge is 2.03. The molecular weight excluding hydrogens is 198 g/mol. The molecule has 2 nitrogen and oxygen atoms in total. The molecule has 2 heteroatoms. The minimum absolute atomic E-state index is 0.392. The SMILES string of the molecule is Cc1ccc(OCC(C)NCC(C)C)cc1. The molecule has 0 aliphatic rings. The van der Waals surface area contributed by atoms with E-state index in [1.165, 1.54) is 5.56 Å². The van der Waals surface area contributed by atoms with E-state index < -0.39 is 0 Å². The lowest BCUT2D eigenvalue weighted by Gasteiger charge is -2.16. The van der Waals surface area contributed by atoms with Crippen molar-refractivity contribution in [1.29, 1.82) is 0 Å². The second-order valence-electron chi connectivity index (χ2n) is 4.83. The van der Waals surface area contributed by atoms with E-state index in [-0.39, 0.29) is 0 Å². The summed E-state index contributed by atoms with van der Waals surface area (Å²) >= 11 is 0. The molecule has 0 radical (unpaired) electrons. The van der Waals surface area contributed by atoms with Crippen molar-refractivity contribution < 1.29 is 4.74 Å². The van der Waals surface area contributed by atoms with Gasteiger partial charge in [0, 0.05) is 6.04 Å². The van der Waals surface area contributed by atoms with Gasteiger partial charge in [0.05, 0.1) is 0 Å². The van der Waals surface area contributed by atoms with Gasteiger partial charge in [0.2, 0.25) is 0 Å². The molecule has 0 saturated heterocycles. The van der Waals surface area contributed by atoms with E-state index in [0.29, 0.717) is 12.0 Å². The standard InChI is InChI=1S/C14H23NO/c1-11(2)9-15-13(4)10-16-14-7-5-12(3)6-8-14/h5-8,11,13,15H,9-10H2,1-4H3. The number of benzene rings is 1. The molecule has 0 bridgehead atoms. The van der Waals surface area contributed by atoms with Crippen LogP contribution in [-0.2, 0) is 0 Å². The van der Waals surface area contributed by atoms with Gasteiger partial charge in [-0.25, -0.2) is 0 Å². The van der Waals surface area contributed by atoms with E-state index in [2.05, 4.69) is 45.1 Å². The Morgan fingerprint density at radius 1 is 1.12 bits per heavy atom. The highest BCUT2D eigenvalue weighted by atomic mass is 16.5. The molecule has 0 heterocycles. The maximum Gasteiger partial charge on any atom is 0.119 e. The molecule has 1 aromatic rings. The van der Waals surface area contributed by atoms with E-state index >= 15 is 0 Å². The first kappa shape index (κ1) is 13.0. The van der Waals surface area contributed by atoms with Crippen molar-refractivity contribution in [2.75, 3.05) is 13.2 Å². The minimum atomic E-state index is 0.392. The van der Waals surface area contributed by atoms with Crippen LogP contribution in [-0.4, -0.2) is 19.2 Å². The van der Waals surface area contributed by atoms with Crippen molar-refractivity contribution >= 4 is 0 Å². The van der Waals surface area contributed by atoms with Crippen LogP contribution in [0.1, 0.15) is 26.3 Å². The highest BCUT2D eigenvalue weighted by Crippen LogP contribution is 2.11. The predicted octanol–water partition coefficient (Wildman–Crippen LogP) is 3.01. The van der Waals surface area contributed by atoms with Crippen molar-refractivity contribution in [1.82, 2.24) is 5.32 Å². The van der Waals surface area contributed by atoms with Crippen LogP contribution in [0.3, 0.4) is 0 Å². The molecular formula is C14H23NO. The number of hydrogen-bond donors (Lipinski definition) is 1. The fourth-order valence-corrected chi connectivity index (χ4v) is 1.35. The molecule has 1 rings (SSSR count). The van der Waals surface area contributed by atoms with Crippen LogP contribution < -0.4 is 10.1 Å². The lowest BCUT2D eigenvalue weighted by molar-refractivity contribution is 0.269. The van der Waals surface area contributed by atoms with Gasteiger partial charge < -0.3 is 10.1 Å². The topological polar surface area (TPSA) is 21.3 Å². The molecule has 16 heavy (non-hydrogen) atoms. The number of rotatable bonds is 6. The molecule has 0 aromatic heterocycles. The summed E-state index contributed by atoms with van der Waals surface area (Å²) in [6, 6.07) is 8.57. The van der Waals surface area contributed by atoms with Gasteiger partial charge in [-0.3, -0.25) is 0 Å². The van der Waals surface area contributed by atoms with Crippen LogP contribution in [0.4, 0.5) is 0 Å². The van der Waals surface area contributed by atoms with Gasteiger partial charge >= 0.3 is 0 Å². The number of nitrogens with one attached hydrogen (secondary N) is 1. The smallest absolute Gasteiger partial charge is 0.119 e. The Hall–Kier alpha value is -1.02. The Balaban J connectivity index is 2.26. The zero-order valence-electron chi connectivity index (χ0n) is 10.8. The second-order valence-corrected chi connectivity index (χ2v) is 4.83. The van der Waals surface area contributed by atoms with E-state index in [4.69, 9.17) is 4.74 Å². The van der Waals surface area contributed by atoms with Crippen molar-refractivity contribution in [3.05, 3.63) is 29.8 Å². The molecule has 0 spiro atoms. The summed E-state index contributed by atoms with van der Waals surface area (Å²) in [5, 5.41) is 3.44. The third-order valence-electron chi connectivity index (χ3n) is 2.40. The summed E-state index contributed by atoms with van der Waals surface area (Å²) in [6.07, 6.45) is 0. The average Bonchev–Trinajstić information content (AvgIpc) is 2.25. The molecule has 0 saturated carbocycles. The molecule has 1 aromatic carbocycles. The summed E-state index contributed by atoms with van der Waals surface area (Å²) in [5.41, 5.74) is 1.26. The van der Waals surface area contributed by atoms with Crippen LogP contribution >= 0.6 is 0 Å². The van der Waals surface area contributed by atoms with Crippen LogP contribution in [0.5, 0.6) is 5.75 Å². The number of ether oxygens (including phenoxy) is 1. The zero-order valence-corrected chi connectivity index (χ0v) is 10.8. The van der Waals surface area contributed by atoms with Crippen LogP contribution in [0, 0.1) is 12.8 Å². The van der Waals surface area contributed by atoms with Crippen LogP contribution in [0.25, 0.3) is 0 Å². The molecule has 0 aliphatic carbocycles. The van der Waals surface area contributed by atoms with Gasteiger partial charge in [0.25, 0.3) is 0 Å². The summed E-state index contributed by atoms with van der Waals surface area (Å²) in [7, 11) is 0. The minimum Gasteiger partial charge on any atom is -0.492 e. The summed E-state index contributed by atoms with van der Waals surface area (Å²) in [5.74, 6) is 1.63. The van der Waals surface area contributed by atoms with Gasteiger partial charge in [0.1, 0.15) is 12.4 Å². The van der Waals surface area contributed by atoms with E-state index in [0.717, 1.165) is 18.9 Å². The van der Waals surface area contributed by atoms with Crippen molar-refractivity contribution in [2.45, 2.75) is 33.7 Å². The largest absolute Gasteiger partial charge is 0.492 e. The molecule has 0 aliphatic heterocycles. The highest BCUT2D eigenvalue weighted by molar-refractivity contribution is 5.26. The summed E-state index contributed by atoms with van der Waals surface area (Å²) in [4.78, 5) is 0. The van der Waals surface area contributed by atoms with Gasteiger partial charge in [-0.2, -0.15) is 0 Å². The van der Waals surface area contributed by atoms with Crippen LogP contribution in [0.15, 0.2) is 24.3 Å². The Labute approximate surface area is 99.0 Å². The molecule has 1 unspecified atom stereocenters. The van der Waals surface area contributed by atoms with Crippen molar-refractivity contribution in [2.24, 2.45) is 5.92 Å². The second kappa shape index (κ2) is 6.54. The summed E-state index contributed by atoms with van der Waals surface area (Å²) < 4.78 is 5.69.